The van der Waals surface area contributed by atoms with Crippen molar-refractivity contribution in [1.29, 1.82) is 0 Å². The summed E-state index contributed by atoms with van der Waals surface area (Å²) in [4.78, 5) is 2.84. The second kappa shape index (κ2) is 1.80. The van der Waals surface area contributed by atoms with Gasteiger partial charge in [0, 0.05) is 11.9 Å². The molecule has 0 fully saturated rings. The van der Waals surface area contributed by atoms with Gasteiger partial charge >= 0.3 is 0 Å². The Morgan fingerprint density at radius 1 is 1.71 bits per heavy atom. The summed E-state index contributed by atoms with van der Waals surface area (Å²) >= 11 is 0. The maximum atomic E-state index is 8.40. The number of aliphatic hydroxyl groups excluding tert-OH is 1. The van der Waals surface area contributed by atoms with Crippen LogP contribution in [-0.2, 0) is 6.61 Å². The summed E-state index contributed by atoms with van der Waals surface area (Å²) < 4.78 is 0. The normalized spacial score (nSPS) is 9.29. The first-order valence-electron chi connectivity index (χ1n) is 2.16. The van der Waals surface area contributed by atoms with E-state index < -0.39 is 0 Å². The molecule has 1 aromatic heterocycles. The van der Waals surface area contributed by atoms with Crippen molar-refractivity contribution in [3.8, 4) is 0 Å². The zero-order valence-corrected chi connectivity index (χ0v) is 3.89. The first kappa shape index (κ1) is 4.40. The molecule has 1 aromatic rings. The number of aromatic amines is 1. The fourth-order valence-corrected chi connectivity index (χ4v) is 0.466. The van der Waals surface area contributed by atoms with Crippen LogP contribution in [0.4, 0.5) is 0 Å². The molecule has 0 spiro atoms. The lowest BCUT2D eigenvalue weighted by Gasteiger charge is -1.81. The third kappa shape index (κ3) is 0.810. The van der Waals surface area contributed by atoms with E-state index in [1.807, 2.05) is 12.1 Å². The average molecular weight is 98.1 g/mol. The molecule has 7 heavy (non-hydrogen) atoms. The summed E-state index contributed by atoms with van der Waals surface area (Å²) in [6.45, 7) is 0.104. The number of H-pyrrole nitrogens is 1. The van der Waals surface area contributed by atoms with Gasteiger partial charge in [0.1, 0.15) is 0 Å². The van der Waals surface area contributed by atoms with E-state index in [9.17, 15) is 0 Å². The second-order valence-corrected chi connectivity index (χ2v) is 1.35. The van der Waals surface area contributed by atoms with E-state index >= 15 is 0 Å². The van der Waals surface area contributed by atoms with E-state index in [-0.39, 0.29) is 6.61 Å². The highest BCUT2D eigenvalue weighted by Crippen LogP contribution is 1.90. The number of aliphatic hydroxyl groups is 1. The van der Waals surface area contributed by atoms with E-state index in [4.69, 9.17) is 5.11 Å². The number of aromatic nitrogens is 1. The monoisotopic (exact) mass is 98.1 g/mol. The Labute approximate surface area is 41.8 Å². The van der Waals surface area contributed by atoms with Gasteiger partial charge in [-0.1, -0.05) is 0 Å². The lowest BCUT2D eigenvalue weighted by atomic mass is 10.6. The smallest absolute Gasteiger partial charge is 0.0830 e. The molecule has 0 unspecified atom stereocenters. The Bertz CT molecular complexity index is 123. The molecular formula is C5H7NO. The van der Waals surface area contributed by atoms with Gasteiger partial charge in [0.15, 0.2) is 0 Å². The fraction of sp³-hybridized carbons (Fsp3) is 0.200. The van der Waals surface area contributed by atoms with Gasteiger partial charge in [-0.2, -0.15) is 0 Å². The zero-order chi connectivity index (χ0) is 5.11. The average Bonchev–Trinajstić information content (AvgIpc) is 2.14. The standard InChI is InChI=1S/C5H7NO/c7-4-5-2-1-3-6-5/h1-3,6-7H,4H2/i4+1. The third-order valence-electron chi connectivity index (χ3n) is 0.833. The molecule has 0 aliphatic carbocycles. The number of hydrogen-bond donors (Lipinski definition) is 2. The van der Waals surface area contributed by atoms with Crippen LogP contribution in [0.25, 0.3) is 0 Å². The summed E-state index contributed by atoms with van der Waals surface area (Å²) in [5, 5.41) is 8.40. The van der Waals surface area contributed by atoms with Crippen LogP contribution in [0.1, 0.15) is 5.69 Å². The largest absolute Gasteiger partial charge is 0.390 e. The zero-order valence-electron chi connectivity index (χ0n) is 3.89. The van der Waals surface area contributed by atoms with E-state index in [2.05, 4.69) is 4.98 Å². The molecule has 0 saturated heterocycles. The fourth-order valence-electron chi connectivity index (χ4n) is 0.466. The van der Waals surface area contributed by atoms with Crippen molar-refractivity contribution in [3.63, 3.8) is 0 Å². The van der Waals surface area contributed by atoms with Gasteiger partial charge in [0.05, 0.1) is 6.61 Å². The van der Waals surface area contributed by atoms with Crippen LogP contribution in [0.2, 0.25) is 0 Å². The quantitative estimate of drug-likeness (QED) is 0.493. The Morgan fingerprint density at radius 3 is 2.86 bits per heavy atom. The van der Waals surface area contributed by atoms with E-state index in [0.717, 1.165) is 5.69 Å². The Kier molecular flexibility index (Phi) is 1.13. The molecular weight excluding hydrogens is 91.1 g/mol. The summed E-state index contributed by atoms with van der Waals surface area (Å²) in [6, 6.07) is 3.69. The molecule has 0 amide bonds. The van der Waals surface area contributed by atoms with Crippen molar-refractivity contribution in [2.45, 2.75) is 6.61 Å². The van der Waals surface area contributed by atoms with Crippen LogP contribution in [0, 0.1) is 0 Å². The van der Waals surface area contributed by atoms with E-state index in [1.54, 1.807) is 6.20 Å². The van der Waals surface area contributed by atoms with Gasteiger partial charge in [-0.25, -0.2) is 0 Å². The SMILES string of the molecule is O[13CH2]c1ccc[nH]1. The molecule has 2 heteroatoms. The molecule has 1 rings (SSSR count). The summed E-state index contributed by atoms with van der Waals surface area (Å²) in [6.07, 6.45) is 1.78. The number of hydrogen-bond acceptors (Lipinski definition) is 1. The van der Waals surface area contributed by atoms with Gasteiger partial charge in [0.2, 0.25) is 0 Å². The molecule has 0 radical (unpaired) electrons. The van der Waals surface area contributed by atoms with Crippen LogP contribution in [-0.4, -0.2) is 10.1 Å². The first-order valence-corrected chi connectivity index (χ1v) is 2.16. The molecule has 1 heterocycles. The Hall–Kier alpha value is -0.760. The minimum absolute atomic E-state index is 0.104. The Balaban J connectivity index is 2.76. The molecule has 0 saturated carbocycles. The van der Waals surface area contributed by atoms with Crippen LogP contribution in [0.15, 0.2) is 18.3 Å². The maximum absolute atomic E-state index is 8.40. The number of nitrogens with one attached hydrogen (secondary N) is 1. The first-order chi connectivity index (χ1) is 3.43. The molecule has 0 aliphatic rings. The molecule has 0 aliphatic heterocycles. The molecule has 38 valence electrons. The predicted octanol–water partition coefficient (Wildman–Crippen LogP) is 0.507. The van der Waals surface area contributed by atoms with Crippen LogP contribution in [0.5, 0.6) is 0 Å². The Morgan fingerprint density at radius 2 is 2.57 bits per heavy atom. The van der Waals surface area contributed by atoms with Gasteiger partial charge in [-0.15, -0.1) is 0 Å². The lowest BCUT2D eigenvalue weighted by Crippen LogP contribution is -1.77. The maximum Gasteiger partial charge on any atom is 0.0830 e. The summed E-state index contributed by atoms with van der Waals surface area (Å²) in [5.74, 6) is 0. The van der Waals surface area contributed by atoms with Crippen molar-refractivity contribution in [3.05, 3.63) is 24.0 Å². The van der Waals surface area contributed by atoms with Crippen molar-refractivity contribution in [2.24, 2.45) is 0 Å². The predicted molar refractivity (Wildman–Crippen MR) is 26.7 cm³/mol. The van der Waals surface area contributed by atoms with E-state index in [1.165, 1.54) is 0 Å². The highest BCUT2D eigenvalue weighted by Gasteiger charge is 1.82. The molecule has 0 bridgehead atoms. The highest BCUT2D eigenvalue weighted by atomic mass is 16.3. The lowest BCUT2D eigenvalue weighted by molar-refractivity contribution is 0.277. The molecule has 2 nitrogen and oxygen atoms in total. The van der Waals surface area contributed by atoms with Crippen LogP contribution >= 0.6 is 0 Å². The van der Waals surface area contributed by atoms with Crippen LogP contribution < -0.4 is 0 Å². The van der Waals surface area contributed by atoms with Crippen molar-refractivity contribution < 1.29 is 5.11 Å². The summed E-state index contributed by atoms with van der Waals surface area (Å²) in [5.41, 5.74) is 0.861. The second-order valence-electron chi connectivity index (χ2n) is 1.35. The van der Waals surface area contributed by atoms with Crippen molar-refractivity contribution in [2.75, 3.05) is 0 Å². The molecule has 2 N–H and O–H groups in total. The molecule has 0 aromatic carbocycles. The van der Waals surface area contributed by atoms with Gasteiger partial charge in [-0.3, -0.25) is 0 Å². The minimum Gasteiger partial charge on any atom is -0.390 e. The number of rotatable bonds is 1. The van der Waals surface area contributed by atoms with E-state index in [0.29, 0.717) is 0 Å². The highest BCUT2D eigenvalue weighted by molar-refractivity contribution is 5.01. The van der Waals surface area contributed by atoms with Gasteiger partial charge < -0.3 is 10.1 Å². The third-order valence-corrected chi connectivity index (χ3v) is 0.833. The van der Waals surface area contributed by atoms with Crippen molar-refractivity contribution >= 4 is 0 Å². The molecule has 0 atom stereocenters. The summed E-state index contributed by atoms with van der Waals surface area (Å²) in [7, 11) is 0. The topological polar surface area (TPSA) is 36.0 Å². The van der Waals surface area contributed by atoms with Crippen LogP contribution in [0.3, 0.4) is 0 Å². The van der Waals surface area contributed by atoms with Crippen molar-refractivity contribution in [1.82, 2.24) is 4.98 Å². The minimum atomic E-state index is 0.104. The van der Waals surface area contributed by atoms with Gasteiger partial charge in [0.25, 0.3) is 0 Å². The van der Waals surface area contributed by atoms with Gasteiger partial charge in [-0.05, 0) is 12.1 Å².